The molecule has 0 saturated heterocycles. The summed E-state index contributed by atoms with van der Waals surface area (Å²) in [7, 11) is 3.30. The third-order valence-electron chi connectivity index (χ3n) is 3.24. The fourth-order valence-electron chi connectivity index (χ4n) is 1.80. The zero-order valence-electron chi connectivity index (χ0n) is 13.7. The van der Waals surface area contributed by atoms with E-state index in [0.717, 1.165) is 36.0 Å². The summed E-state index contributed by atoms with van der Waals surface area (Å²) >= 11 is 0. The molecule has 1 rings (SSSR count). The second kappa shape index (κ2) is 9.10. The van der Waals surface area contributed by atoms with Crippen LogP contribution in [0.15, 0.2) is 23.2 Å². The molecule has 0 aliphatic rings. The minimum atomic E-state index is 0.389. The molecule has 5 heteroatoms. The third-order valence-corrected chi connectivity index (χ3v) is 3.24. The van der Waals surface area contributed by atoms with Crippen molar-refractivity contribution in [3.63, 3.8) is 0 Å². The van der Waals surface area contributed by atoms with Gasteiger partial charge in [0.2, 0.25) is 0 Å². The van der Waals surface area contributed by atoms with Crippen molar-refractivity contribution in [2.45, 2.75) is 39.8 Å². The molecule has 2 N–H and O–H groups in total. The number of ether oxygens (including phenoxy) is 2. The fraction of sp³-hybridized carbons (Fsp3) is 0.562. The van der Waals surface area contributed by atoms with E-state index in [0.29, 0.717) is 12.6 Å². The predicted octanol–water partition coefficient (Wildman–Crippen LogP) is 2.56. The smallest absolute Gasteiger partial charge is 0.191 e. The average Bonchev–Trinajstić information content (AvgIpc) is 2.52. The second-order valence-electron chi connectivity index (χ2n) is 4.83. The predicted molar refractivity (Wildman–Crippen MR) is 87.3 cm³/mol. The SMILES string of the molecule is CCNC(=NCc1ccc(OC)cc1OC)NC(C)CC. The van der Waals surface area contributed by atoms with Gasteiger partial charge in [0.1, 0.15) is 11.5 Å². The molecule has 0 aliphatic carbocycles. The van der Waals surface area contributed by atoms with E-state index in [1.165, 1.54) is 0 Å². The molecule has 1 aromatic rings. The Kier molecular flexibility index (Phi) is 7.43. The van der Waals surface area contributed by atoms with Crippen LogP contribution >= 0.6 is 0 Å². The standard InChI is InChI=1S/C16H27N3O2/c1-6-12(3)19-16(17-7-2)18-11-13-8-9-14(20-4)10-15(13)21-5/h8-10,12H,6-7,11H2,1-5H3,(H2,17,18,19). The highest BCUT2D eigenvalue weighted by molar-refractivity contribution is 5.80. The molecule has 1 unspecified atom stereocenters. The highest BCUT2D eigenvalue weighted by Crippen LogP contribution is 2.25. The van der Waals surface area contributed by atoms with Gasteiger partial charge in [-0.2, -0.15) is 0 Å². The second-order valence-corrected chi connectivity index (χ2v) is 4.83. The van der Waals surface area contributed by atoms with Crippen LogP contribution in [0.3, 0.4) is 0 Å². The van der Waals surface area contributed by atoms with Crippen molar-refractivity contribution in [1.82, 2.24) is 10.6 Å². The topological polar surface area (TPSA) is 54.9 Å². The molecule has 0 aliphatic heterocycles. The van der Waals surface area contributed by atoms with E-state index in [1.54, 1.807) is 14.2 Å². The van der Waals surface area contributed by atoms with Crippen LogP contribution in [0.1, 0.15) is 32.8 Å². The lowest BCUT2D eigenvalue weighted by Gasteiger charge is -2.16. The van der Waals surface area contributed by atoms with Crippen molar-refractivity contribution in [3.05, 3.63) is 23.8 Å². The first kappa shape index (κ1) is 17.1. The molecule has 21 heavy (non-hydrogen) atoms. The highest BCUT2D eigenvalue weighted by atomic mass is 16.5. The van der Waals surface area contributed by atoms with Gasteiger partial charge in [-0.05, 0) is 32.4 Å². The lowest BCUT2D eigenvalue weighted by atomic mass is 10.2. The minimum absolute atomic E-state index is 0.389. The summed E-state index contributed by atoms with van der Waals surface area (Å²) in [6, 6.07) is 6.16. The third kappa shape index (κ3) is 5.53. The monoisotopic (exact) mass is 293 g/mol. The van der Waals surface area contributed by atoms with Gasteiger partial charge in [-0.1, -0.05) is 6.92 Å². The van der Waals surface area contributed by atoms with Crippen molar-refractivity contribution in [2.24, 2.45) is 4.99 Å². The maximum atomic E-state index is 5.39. The molecular weight excluding hydrogens is 266 g/mol. The molecule has 0 saturated carbocycles. The summed E-state index contributed by atoms with van der Waals surface area (Å²) < 4.78 is 10.6. The van der Waals surface area contributed by atoms with E-state index in [1.807, 2.05) is 18.2 Å². The van der Waals surface area contributed by atoms with Crippen LogP contribution < -0.4 is 20.1 Å². The van der Waals surface area contributed by atoms with E-state index in [-0.39, 0.29) is 0 Å². The minimum Gasteiger partial charge on any atom is -0.497 e. The fourth-order valence-corrected chi connectivity index (χ4v) is 1.80. The lowest BCUT2D eigenvalue weighted by Crippen LogP contribution is -2.41. The quantitative estimate of drug-likeness (QED) is 0.599. The van der Waals surface area contributed by atoms with Crippen molar-refractivity contribution in [3.8, 4) is 11.5 Å². The molecule has 5 nitrogen and oxygen atoms in total. The summed E-state index contributed by atoms with van der Waals surface area (Å²) in [5.41, 5.74) is 1.03. The van der Waals surface area contributed by atoms with Gasteiger partial charge in [0.15, 0.2) is 5.96 Å². The van der Waals surface area contributed by atoms with E-state index in [2.05, 4.69) is 36.4 Å². The lowest BCUT2D eigenvalue weighted by molar-refractivity contribution is 0.391. The Morgan fingerprint density at radius 3 is 2.57 bits per heavy atom. The van der Waals surface area contributed by atoms with Gasteiger partial charge in [-0.3, -0.25) is 0 Å². The maximum absolute atomic E-state index is 5.39. The first-order valence-electron chi connectivity index (χ1n) is 7.40. The van der Waals surface area contributed by atoms with Crippen LogP contribution in [0.4, 0.5) is 0 Å². The normalized spacial score (nSPS) is 12.7. The van der Waals surface area contributed by atoms with Crippen molar-refractivity contribution < 1.29 is 9.47 Å². The largest absolute Gasteiger partial charge is 0.497 e. The van der Waals surface area contributed by atoms with Gasteiger partial charge >= 0.3 is 0 Å². The van der Waals surface area contributed by atoms with E-state index < -0.39 is 0 Å². The number of methoxy groups -OCH3 is 2. The zero-order chi connectivity index (χ0) is 15.7. The molecule has 0 fully saturated rings. The molecule has 118 valence electrons. The summed E-state index contributed by atoms with van der Waals surface area (Å²) in [5, 5.41) is 6.62. The van der Waals surface area contributed by atoms with Gasteiger partial charge in [0, 0.05) is 24.2 Å². The van der Waals surface area contributed by atoms with Crippen LogP contribution in [0, 0.1) is 0 Å². The highest BCUT2D eigenvalue weighted by Gasteiger charge is 2.06. The van der Waals surface area contributed by atoms with Gasteiger partial charge < -0.3 is 20.1 Å². The van der Waals surface area contributed by atoms with E-state index in [4.69, 9.17) is 9.47 Å². The molecule has 0 heterocycles. The molecule has 0 radical (unpaired) electrons. The Bertz CT molecular complexity index is 461. The van der Waals surface area contributed by atoms with Crippen LogP contribution in [0.25, 0.3) is 0 Å². The first-order chi connectivity index (χ1) is 10.1. The molecule has 1 atom stereocenters. The van der Waals surface area contributed by atoms with Gasteiger partial charge in [0.05, 0.1) is 20.8 Å². The average molecular weight is 293 g/mol. The number of nitrogens with one attached hydrogen (secondary N) is 2. The van der Waals surface area contributed by atoms with Crippen molar-refractivity contribution in [2.75, 3.05) is 20.8 Å². The van der Waals surface area contributed by atoms with Crippen LogP contribution in [0.2, 0.25) is 0 Å². The van der Waals surface area contributed by atoms with Crippen LogP contribution in [0.5, 0.6) is 11.5 Å². The molecule has 1 aromatic carbocycles. The summed E-state index contributed by atoms with van der Waals surface area (Å²) in [6.45, 7) is 7.73. The number of benzene rings is 1. The number of rotatable bonds is 7. The van der Waals surface area contributed by atoms with Crippen LogP contribution in [-0.4, -0.2) is 32.8 Å². The molecule has 0 amide bonds. The Morgan fingerprint density at radius 2 is 2.00 bits per heavy atom. The summed E-state index contributed by atoms with van der Waals surface area (Å²) in [5.74, 6) is 2.39. The van der Waals surface area contributed by atoms with Gasteiger partial charge in [0.25, 0.3) is 0 Å². The number of nitrogens with zero attached hydrogens (tertiary/aromatic N) is 1. The first-order valence-corrected chi connectivity index (χ1v) is 7.40. The summed E-state index contributed by atoms with van der Waals surface area (Å²) in [6.07, 6.45) is 1.05. The Morgan fingerprint density at radius 1 is 1.24 bits per heavy atom. The number of guanidine groups is 1. The summed E-state index contributed by atoms with van der Waals surface area (Å²) in [4.78, 5) is 4.61. The Labute approximate surface area is 127 Å². The Balaban J connectivity index is 2.83. The number of hydrogen-bond donors (Lipinski definition) is 2. The molecular formula is C16H27N3O2. The molecule has 0 bridgehead atoms. The molecule has 0 aromatic heterocycles. The number of aliphatic imine (C=N–C) groups is 1. The number of hydrogen-bond acceptors (Lipinski definition) is 3. The molecule has 0 spiro atoms. The maximum Gasteiger partial charge on any atom is 0.191 e. The van der Waals surface area contributed by atoms with Crippen molar-refractivity contribution in [1.29, 1.82) is 0 Å². The van der Waals surface area contributed by atoms with Crippen molar-refractivity contribution >= 4 is 5.96 Å². The van der Waals surface area contributed by atoms with Crippen LogP contribution in [-0.2, 0) is 6.54 Å². The van der Waals surface area contributed by atoms with Gasteiger partial charge in [-0.25, -0.2) is 4.99 Å². The van der Waals surface area contributed by atoms with Gasteiger partial charge in [-0.15, -0.1) is 0 Å². The zero-order valence-corrected chi connectivity index (χ0v) is 13.7. The van der Waals surface area contributed by atoms with E-state index >= 15 is 0 Å². The Hall–Kier alpha value is -1.91. The van der Waals surface area contributed by atoms with E-state index in [9.17, 15) is 0 Å².